The first-order valence-electron chi connectivity index (χ1n) is 20.9. The third kappa shape index (κ3) is 8.11. The minimum atomic E-state index is -5.13. The van der Waals surface area contributed by atoms with Crippen LogP contribution < -0.4 is 24.2 Å². The van der Waals surface area contributed by atoms with E-state index in [1.807, 2.05) is 11.6 Å². The number of rotatable bonds is 9. The van der Waals surface area contributed by atoms with Gasteiger partial charge in [-0.05, 0) is 101 Å². The number of aryl methyl sites for hydroxylation is 1. The summed E-state index contributed by atoms with van der Waals surface area (Å²) in [6, 6.07) is 1.72. The molecule has 0 spiro atoms. The maximum Gasteiger partial charge on any atom is 0.411 e. The number of benzene rings is 1. The number of halogens is 4. The van der Waals surface area contributed by atoms with Gasteiger partial charge >= 0.3 is 12.3 Å². The quantitative estimate of drug-likeness (QED) is 0.214. The van der Waals surface area contributed by atoms with E-state index < -0.39 is 99.1 Å². The molecule has 7 atom stereocenters. The number of amides is 4. The van der Waals surface area contributed by atoms with Gasteiger partial charge in [-0.1, -0.05) is 26.0 Å². The van der Waals surface area contributed by atoms with Gasteiger partial charge in [0.25, 0.3) is 5.91 Å². The van der Waals surface area contributed by atoms with Gasteiger partial charge in [0, 0.05) is 23.3 Å². The number of pyridine rings is 1. The van der Waals surface area contributed by atoms with Crippen molar-refractivity contribution in [3.8, 4) is 17.5 Å². The zero-order chi connectivity index (χ0) is 45.2. The van der Waals surface area contributed by atoms with Gasteiger partial charge in [0.2, 0.25) is 33.6 Å². The Labute approximate surface area is 356 Å². The molecule has 0 radical (unpaired) electrons. The third-order valence-corrected chi connectivity index (χ3v) is 15.4. The monoisotopic (exact) mass is 895 g/mol. The first-order chi connectivity index (χ1) is 29.1. The molecule has 0 unspecified atom stereocenters. The van der Waals surface area contributed by atoms with E-state index in [-0.39, 0.29) is 48.8 Å². The summed E-state index contributed by atoms with van der Waals surface area (Å²) in [4.78, 5) is 62.6. The molecule has 2 aliphatic carbocycles. The summed E-state index contributed by atoms with van der Waals surface area (Å²) < 4.78 is 103. The van der Waals surface area contributed by atoms with Gasteiger partial charge in [0.1, 0.15) is 46.4 Å². The molecule has 3 N–H and O–H groups in total. The fraction of sp³-hybridized carbons (Fsp3) is 0.643. The van der Waals surface area contributed by atoms with Crippen molar-refractivity contribution in [1.29, 1.82) is 0 Å². The molecule has 62 heavy (non-hydrogen) atoms. The topological polar surface area (TPSA) is 194 Å². The minimum Gasteiger partial charge on any atom is -0.497 e. The molecule has 7 rings (SSSR count). The molecular weight excluding hydrogens is 843 g/mol. The molecule has 1 aromatic heterocycles. The van der Waals surface area contributed by atoms with Crippen molar-refractivity contribution in [3.63, 3.8) is 0 Å². The van der Waals surface area contributed by atoms with Crippen LogP contribution >= 0.6 is 0 Å². The highest BCUT2D eigenvalue weighted by atomic mass is 32.2. The number of carboxylic acid groups (broad SMARTS) is 1. The normalized spacial score (nSPS) is 28.8. The second kappa shape index (κ2) is 16.3. The van der Waals surface area contributed by atoms with E-state index >= 15 is 4.79 Å². The molecular formula is C42H53F4N5O10S. The van der Waals surface area contributed by atoms with Crippen LogP contribution in [-0.2, 0) is 30.8 Å². The van der Waals surface area contributed by atoms with E-state index in [0.717, 1.165) is 22.3 Å². The average molecular weight is 896 g/mol. The van der Waals surface area contributed by atoms with Crippen molar-refractivity contribution in [3.05, 3.63) is 35.9 Å². The van der Waals surface area contributed by atoms with Crippen LogP contribution in [0, 0.1) is 17.8 Å². The summed E-state index contributed by atoms with van der Waals surface area (Å²) in [5, 5.41) is 14.5. The smallest absolute Gasteiger partial charge is 0.411 e. The fourth-order valence-electron chi connectivity index (χ4n) is 9.19. The van der Waals surface area contributed by atoms with Crippen LogP contribution in [0.1, 0.15) is 84.6 Å². The van der Waals surface area contributed by atoms with Gasteiger partial charge in [0.15, 0.2) is 0 Å². The van der Waals surface area contributed by atoms with Crippen molar-refractivity contribution in [2.45, 2.75) is 126 Å². The Morgan fingerprint density at radius 2 is 1.87 bits per heavy atom. The van der Waals surface area contributed by atoms with Gasteiger partial charge < -0.3 is 29.5 Å². The van der Waals surface area contributed by atoms with E-state index in [4.69, 9.17) is 14.2 Å². The number of carbonyl (C=O) groups excluding carboxylic acids is 3. The Morgan fingerprint density at radius 3 is 2.52 bits per heavy atom. The summed E-state index contributed by atoms with van der Waals surface area (Å²) >= 11 is 0. The van der Waals surface area contributed by atoms with Crippen LogP contribution in [0.2, 0.25) is 0 Å². The summed E-state index contributed by atoms with van der Waals surface area (Å²) in [5.41, 5.74) is -4.11. The summed E-state index contributed by atoms with van der Waals surface area (Å²) in [6.45, 7) is 3.43. The first kappa shape index (κ1) is 45.2. The van der Waals surface area contributed by atoms with Crippen LogP contribution in [0.5, 0.6) is 17.5 Å². The fourth-order valence-corrected chi connectivity index (χ4v) is 10.6. The van der Waals surface area contributed by atoms with Crippen LogP contribution in [0.15, 0.2) is 30.4 Å². The van der Waals surface area contributed by atoms with Crippen molar-refractivity contribution >= 4 is 44.6 Å². The molecule has 340 valence electrons. The first-order valence-corrected chi connectivity index (χ1v) is 22.4. The molecule has 5 aliphatic rings. The maximum absolute atomic E-state index is 15.1. The molecule has 3 aliphatic heterocycles. The molecule has 4 heterocycles. The predicted octanol–water partition coefficient (Wildman–Crippen LogP) is 5.44. The van der Waals surface area contributed by atoms with Gasteiger partial charge in [-0.2, -0.15) is 18.2 Å². The lowest BCUT2D eigenvalue weighted by Crippen LogP contribution is -2.66. The Balaban J connectivity index is 1.31. The van der Waals surface area contributed by atoms with Crippen molar-refractivity contribution < 1.29 is 64.5 Å². The Bertz CT molecular complexity index is 2270. The summed E-state index contributed by atoms with van der Waals surface area (Å²) in [7, 11) is -3.00. The molecule has 2 saturated carbocycles. The SMILES string of the molecule is COc1ccc2c(O[C@@H]3C[C@H]4C(=O)N[C@]5(C(=O)NS(=O)(=O)C6(CF)CC6)C[C@H]5C=CCC[C@H](C)C[C@@H](C)[C@H](N(C(=O)O)C(C)(C)C(F)(F)F)C(=O)N4C3)nc3c(c2c1)CCCO3. The van der Waals surface area contributed by atoms with Crippen LogP contribution in [0.4, 0.5) is 22.4 Å². The van der Waals surface area contributed by atoms with Gasteiger partial charge in [-0.3, -0.25) is 24.0 Å². The van der Waals surface area contributed by atoms with Crippen molar-refractivity contribution in [2.75, 3.05) is 26.9 Å². The molecule has 20 heteroatoms. The highest BCUT2D eigenvalue weighted by Crippen LogP contribution is 2.48. The second-order valence-electron chi connectivity index (χ2n) is 18.0. The number of carbonyl (C=O) groups is 4. The lowest BCUT2D eigenvalue weighted by molar-refractivity contribution is -0.222. The summed E-state index contributed by atoms with van der Waals surface area (Å²) in [6.07, 6.45) is -2.71. The predicted molar refractivity (Wildman–Crippen MR) is 216 cm³/mol. The van der Waals surface area contributed by atoms with Gasteiger partial charge in [-0.15, -0.1) is 0 Å². The number of alkyl halides is 4. The van der Waals surface area contributed by atoms with Crippen molar-refractivity contribution in [2.24, 2.45) is 17.8 Å². The number of allylic oxidation sites excluding steroid dienone is 1. The molecule has 2 aromatic rings. The molecule has 1 aromatic carbocycles. The largest absolute Gasteiger partial charge is 0.497 e. The highest BCUT2D eigenvalue weighted by molar-refractivity contribution is 7.91. The Kier molecular flexibility index (Phi) is 11.9. The van der Waals surface area contributed by atoms with E-state index in [9.17, 15) is 45.5 Å². The lowest BCUT2D eigenvalue weighted by atomic mass is 9.85. The molecule has 1 saturated heterocycles. The van der Waals surface area contributed by atoms with Crippen LogP contribution in [0.3, 0.4) is 0 Å². The second-order valence-corrected chi connectivity index (χ2v) is 20.1. The minimum absolute atomic E-state index is 0.000348. The Morgan fingerprint density at radius 1 is 1.15 bits per heavy atom. The molecule has 3 fully saturated rings. The lowest BCUT2D eigenvalue weighted by Gasteiger charge is -2.45. The van der Waals surface area contributed by atoms with E-state index in [2.05, 4.69) is 10.3 Å². The number of methoxy groups -OCH3 is 1. The molecule has 0 bridgehead atoms. The average Bonchev–Trinajstić information content (AvgIpc) is 4.11. The van der Waals surface area contributed by atoms with E-state index in [1.165, 1.54) is 14.0 Å². The number of nitrogens with zero attached hydrogens (tertiary/aromatic N) is 3. The highest BCUT2D eigenvalue weighted by Gasteiger charge is 2.64. The van der Waals surface area contributed by atoms with Crippen molar-refractivity contribution in [1.82, 2.24) is 24.8 Å². The van der Waals surface area contributed by atoms with Crippen LogP contribution in [0.25, 0.3) is 10.8 Å². The zero-order valence-corrected chi connectivity index (χ0v) is 36.0. The van der Waals surface area contributed by atoms with Gasteiger partial charge in [0.05, 0.1) is 20.3 Å². The molecule has 4 amide bonds. The third-order valence-electron chi connectivity index (χ3n) is 13.3. The Hall–Kier alpha value is -4.88. The summed E-state index contributed by atoms with van der Waals surface area (Å²) in [5.74, 6) is -4.15. The van der Waals surface area contributed by atoms with E-state index in [0.29, 0.717) is 56.7 Å². The maximum atomic E-state index is 15.1. The number of sulfonamides is 1. The number of ether oxygens (including phenoxy) is 3. The van der Waals surface area contributed by atoms with Crippen LogP contribution in [-0.4, -0.2) is 119 Å². The number of hydrogen-bond donors (Lipinski definition) is 3. The number of nitrogens with one attached hydrogen (secondary N) is 2. The van der Waals surface area contributed by atoms with E-state index in [1.54, 1.807) is 30.4 Å². The number of hydrogen-bond acceptors (Lipinski definition) is 10. The number of aromatic nitrogens is 1. The number of fused-ring (bicyclic) bond motifs is 5. The van der Waals surface area contributed by atoms with Gasteiger partial charge in [-0.25, -0.2) is 17.6 Å². The zero-order valence-electron chi connectivity index (χ0n) is 35.2. The standard InChI is InChI=1S/C42H53F4N5O10S/c1-23-9-6-7-10-25-20-41(25,37(54)49-62(57,58)40(22-43)14-15-40)48-33(52)31-19-27(61-35-29-13-12-26(59-5)18-30(29)28-11-8-16-60-34(28)47-35)21-50(31)36(53)32(24(2)17-23)51(38(55)56)39(3,4)42(44,45)46/h7,10,12-13,18,23-25,27,31-32H,6,8-9,11,14-17,19-22H2,1-5H3,(H,48,52)(H,49,54)(H,55,56)/t23-,24+,25+,27+,31-,32-,41+/m0/s1. The molecule has 15 nitrogen and oxygen atoms in total.